The van der Waals surface area contributed by atoms with E-state index in [1.165, 1.54) is 0 Å². The normalized spacial score (nSPS) is 10.9. The van der Waals surface area contributed by atoms with Crippen molar-refractivity contribution in [2.24, 2.45) is 5.18 Å². The Morgan fingerprint density at radius 1 is 1.56 bits per heavy atom. The maximum atomic E-state index is 9.97. The number of hydrogen-bond donors (Lipinski definition) is 0. The van der Waals surface area contributed by atoms with Crippen LogP contribution in [0.2, 0.25) is 0 Å². The number of carbonyl (C=O) groups excluding carboxylic acids is 1. The zero-order valence-corrected chi connectivity index (χ0v) is 5.76. The molecule has 0 fully saturated rings. The minimum atomic E-state index is -0.569. The summed E-state index contributed by atoms with van der Waals surface area (Å²) in [6, 6.07) is 0. The fourth-order valence-corrected chi connectivity index (χ4v) is 0.458. The summed E-state index contributed by atoms with van der Waals surface area (Å²) in [6.45, 7) is 3.42. The highest BCUT2D eigenvalue weighted by molar-refractivity contribution is 5.49. The lowest BCUT2D eigenvalue weighted by molar-refractivity contribution is -0.108. The standard InChI is InChI=1S/C6H11NO2/c1-6(2,7-9)4-3-5-8/h5H,3-4H2,1-2H3. The van der Waals surface area contributed by atoms with Gasteiger partial charge in [0.05, 0.1) is 5.54 Å². The van der Waals surface area contributed by atoms with Gasteiger partial charge in [-0.15, -0.1) is 0 Å². The fraction of sp³-hybridized carbons (Fsp3) is 0.833. The Kier molecular flexibility index (Phi) is 3.06. The van der Waals surface area contributed by atoms with Gasteiger partial charge in [-0.3, -0.25) is 0 Å². The van der Waals surface area contributed by atoms with Gasteiger partial charge in [0.1, 0.15) is 6.29 Å². The SMILES string of the molecule is CC(C)(CCC=O)N=O. The van der Waals surface area contributed by atoms with Gasteiger partial charge in [-0.1, -0.05) is 5.18 Å². The lowest BCUT2D eigenvalue weighted by Crippen LogP contribution is -2.14. The Bertz CT molecular complexity index is 110. The first kappa shape index (κ1) is 8.27. The number of hydrogen-bond acceptors (Lipinski definition) is 3. The summed E-state index contributed by atoms with van der Waals surface area (Å²) in [6.07, 6.45) is 1.76. The molecule has 0 radical (unpaired) electrons. The zero-order valence-electron chi connectivity index (χ0n) is 5.76. The van der Waals surface area contributed by atoms with Crippen molar-refractivity contribution in [1.82, 2.24) is 0 Å². The molecule has 0 bridgehead atoms. The molecule has 0 atom stereocenters. The van der Waals surface area contributed by atoms with Crippen LogP contribution in [0.25, 0.3) is 0 Å². The van der Waals surface area contributed by atoms with Crippen LogP contribution >= 0.6 is 0 Å². The predicted octanol–water partition coefficient (Wildman–Crippen LogP) is 1.51. The maximum Gasteiger partial charge on any atom is 0.120 e. The molecular weight excluding hydrogens is 118 g/mol. The molecule has 52 valence electrons. The van der Waals surface area contributed by atoms with Crippen LogP contribution in [0.1, 0.15) is 26.7 Å². The molecule has 3 nitrogen and oxygen atoms in total. The average molecular weight is 129 g/mol. The van der Waals surface area contributed by atoms with Gasteiger partial charge >= 0.3 is 0 Å². The molecule has 9 heavy (non-hydrogen) atoms. The van der Waals surface area contributed by atoms with E-state index in [1.807, 2.05) is 0 Å². The monoisotopic (exact) mass is 129 g/mol. The van der Waals surface area contributed by atoms with E-state index < -0.39 is 5.54 Å². The number of aldehydes is 1. The highest BCUT2D eigenvalue weighted by Crippen LogP contribution is 2.14. The lowest BCUT2D eigenvalue weighted by atomic mass is 10.0. The first-order valence-electron chi connectivity index (χ1n) is 2.90. The van der Waals surface area contributed by atoms with Gasteiger partial charge in [-0.05, 0) is 20.3 Å². The van der Waals surface area contributed by atoms with Gasteiger partial charge in [-0.2, -0.15) is 4.91 Å². The van der Waals surface area contributed by atoms with Crippen molar-refractivity contribution >= 4 is 6.29 Å². The Hall–Kier alpha value is -0.730. The fourth-order valence-electron chi connectivity index (χ4n) is 0.458. The topological polar surface area (TPSA) is 46.5 Å². The van der Waals surface area contributed by atoms with Gasteiger partial charge in [0.2, 0.25) is 0 Å². The molecule has 0 spiro atoms. The van der Waals surface area contributed by atoms with E-state index in [-0.39, 0.29) is 0 Å². The molecule has 0 N–H and O–H groups in total. The second-order valence-corrected chi connectivity index (χ2v) is 2.61. The molecule has 0 rings (SSSR count). The van der Waals surface area contributed by atoms with E-state index in [0.29, 0.717) is 12.8 Å². The third kappa shape index (κ3) is 3.82. The van der Waals surface area contributed by atoms with Gasteiger partial charge in [0.15, 0.2) is 0 Å². The largest absolute Gasteiger partial charge is 0.303 e. The Balaban J connectivity index is 3.57. The van der Waals surface area contributed by atoms with Crippen molar-refractivity contribution in [1.29, 1.82) is 0 Å². The number of carbonyl (C=O) groups is 1. The van der Waals surface area contributed by atoms with Crippen molar-refractivity contribution in [2.75, 3.05) is 0 Å². The van der Waals surface area contributed by atoms with E-state index in [4.69, 9.17) is 0 Å². The molecule has 0 aliphatic rings. The van der Waals surface area contributed by atoms with Gasteiger partial charge in [0.25, 0.3) is 0 Å². The first-order chi connectivity index (χ1) is 4.12. The van der Waals surface area contributed by atoms with Crippen molar-refractivity contribution in [3.8, 4) is 0 Å². The second-order valence-electron chi connectivity index (χ2n) is 2.61. The van der Waals surface area contributed by atoms with Crippen LogP contribution in [0.5, 0.6) is 0 Å². The van der Waals surface area contributed by atoms with Gasteiger partial charge in [0, 0.05) is 6.42 Å². The van der Waals surface area contributed by atoms with Crippen LogP contribution in [-0.4, -0.2) is 11.8 Å². The number of rotatable bonds is 4. The molecule has 0 amide bonds. The number of nitroso groups, excluding NO2 is 1. The minimum Gasteiger partial charge on any atom is -0.303 e. The van der Waals surface area contributed by atoms with E-state index in [2.05, 4.69) is 5.18 Å². The molecular formula is C6H11NO2. The van der Waals surface area contributed by atoms with E-state index in [0.717, 1.165) is 6.29 Å². The molecule has 0 aromatic heterocycles. The minimum absolute atomic E-state index is 0.415. The molecule has 0 saturated carbocycles. The van der Waals surface area contributed by atoms with E-state index in [9.17, 15) is 9.70 Å². The summed E-state index contributed by atoms with van der Waals surface area (Å²) < 4.78 is 0. The summed E-state index contributed by atoms with van der Waals surface area (Å²) in [4.78, 5) is 19.8. The summed E-state index contributed by atoms with van der Waals surface area (Å²) >= 11 is 0. The Labute approximate surface area is 54.4 Å². The van der Waals surface area contributed by atoms with Crippen molar-refractivity contribution in [3.63, 3.8) is 0 Å². The second kappa shape index (κ2) is 3.33. The third-order valence-electron chi connectivity index (χ3n) is 1.12. The summed E-state index contributed by atoms with van der Waals surface area (Å²) in [5.74, 6) is 0. The molecule has 0 aromatic carbocycles. The lowest BCUT2D eigenvalue weighted by Gasteiger charge is -2.11. The van der Waals surface area contributed by atoms with Gasteiger partial charge < -0.3 is 4.79 Å². The molecule has 0 aliphatic carbocycles. The first-order valence-corrected chi connectivity index (χ1v) is 2.90. The predicted molar refractivity (Wildman–Crippen MR) is 35.2 cm³/mol. The molecule has 3 heteroatoms. The van der Waals surface area contributed by atoms with Crippen LogP contribution in [0, 0.1) is 4.91 Å². The third-order valence-corrected chi connectivity index (χ3v) is 1.12. The van der Waals surface area contributed by atoms with E-state index in [1.54, 1.807) is 13.8 Å². The Morgan fingerprint density at radius 3 is 2.44 bits per heavy atom. The van der Waals surface area contributed by atoms with Crippen molar-refractivity contribution < 1.29 is 4.79 Å². The molecule has 0 aromatic rings. The van der Waals surface area contributed by atoms with Crippen LogP contribution in [0.3, 0.4) is 0 Å². The highest BCUT2D eigenvalue weighted by Gasteiger charge is 2.16. The van der Waals surface area contributed by atoms with Crippen LogP contribution in [0.15, 0.2) is 5.18 Å². The summed E-state index contributed by atoms with van der Waals surface area (Å²) in [7, 11) is 0. The number of nitrogens with zero attached hydrogens (tertiary/aromatic N) is 1. The maximum absolute atomic E-state index is 9.97. The molecule has 0 aliphatic heterocycles. The summed E-state index contributed by atoms with van der Waals surface area (Å²) in [5, 5.41) is 2.85. The average Bonchev–Trinajstić information content (AvgIpc) is 1.84. The Morgan fingerprint density at radius 2 is 2.11 bits per heavy atom. The van der Waals surface area contributed by atoms with Gasteiger partial charge in [-0.25, -0.2) is 0 Å². The van der Waals surface area contributed by atoms with Crippen molar-refractivity contribution in [3.05, 3.63) is 4.91 Å². The smallest absolute Gasteiger partial charge is 0.120 e. The van der Waals surface area contributed by atoms with Crippen LogP contribution in [-0.2, 0) is 4.79 Å². The zero-order chi connectivity index (χ0) is 7.33. The summed E-state index contributed by atoms with van der Waals surface area (Å²) in [5.41, 5.74) is -0.569. The molecule has 0 saturated heterocycles. The van der Waals surface area contributed by atoms with Crippen LogP contribution in [0.4, 0.5) is 0 Å². The molecule has 0 heterocycles. The quantitative estimate of drug-likeness (QED) is 0.426. The highest BCUT2D eigenvalue weighted by atomic mass is 16.3. The molecule has 0 unspecified atom stereocenters. The van der Waals surface area contributed by atoms with Crippen molar-refractivity contribution in [2.45, 2.75) is 32.2 Å². The van der Waals surface area contributed by atoms with E-state index >= 15 is 0 Å². The van der Waals surface area contributed by atoms with Crippen LogP contribution < -0.4 is 0 Å².